The molecule has 1 aromatic carbocycles. The largest absolute Gasteiger partial charge is 0.308 e. The first-order chi connectivity index (χ1) is 13.1. The Kier molecular flexibility index (Phi) is 4.15. The summed E-state index contributed by atoms with van der Waals surface area (Å²) in [4.78, 5) is 24.7. The lowest BCUT2D eigenvalue weighted by atomic mass is 10.0. The summed E-state index contributed by atoms with van der Waals surface area (Å²) >= 11 is 0. The van der Waals surface area contributed by atoms with Gasteiger partial charge in [0.05, 0.1) is 11.7 Å². The molecule has 0 unspecified atom stereocenters. The van der Waals surface area contributed by atoms with Gasteiger partial charge in [-0.25, -0.2) is 4.98 Å². The topological polar surface area (TPSA) is 90.5 Å². The van der Waals surface area contributed by atoms with Crippen molar-refractivity contribution in [1.82, 2.24) is 29.3 Å². The van der Waals surface area contributed by atoms with Gasteiger partial charge < -0.3 is 4.57 Å². The molecule has 4 aromatic rings. The third-order valence-corrected chi connectivity index (χ3v) is 4.41. The molecule has 0 radical (unpaired) electrons. The first-order valence-corrected chi connectivity index (χ1v) is 8.68. The van der Waals surface area contributed by atoms with Crippen LogP contribution in [0.15, 0.2) is 43.0 Å². The van der Waals surface area contributed by atoms with E-state index in [4.69, 9.17) is 4.98 Å². The molecule has 0 saturated carbocycles. The van der Waals surface area contributed by atoms with Gasteiger partial charge in [0.25, 0.3) is 0 Å². The zero-order valence-corrected chi connectivity index (χ0v) is 15.3. The summed E-state index contributed by atoms with van der Waals surface area (Å²) < 4.78 is 3.59. The number of hydrogen-bond acceptors (Lipinski definition) is 5. The molecule has 4 rings (SSSR count). The van der Waals surface area contributed by atoms with Gasteiger partial charge in [0, 0.05) is 25.2 Å². The van der Waals surface area contributed by atoms with E-state index in [-0.39, 0.29) is 5.91 Å². The van der Waals surface area contributed by atoms with Gasteiger partial charge in [0.1, 0.15) is 11.8 Å². The van der Waals surface area contributed by atoms with Crippen molar-refractivity contribution >= 4 is 22.9 Å². The number of nitrogens with zero attached hydrogens (tertiary/aromatic N) is 6. The number of nitrogens with one attached hydrogen (secondary N) is 1. The van der Waals surface area contributed by atoms with E-state index in [2.05, 4.69) is 44.0 Å². The molecule has 0 aliphatic rings. The van der Waals surface area contributed by atoms with Gasteiger partial charge >= 0.3 is 0 Å². The number of anilines is 1. The molecule has 0 spiro atoms. The van der Waals surface area contributed by atoms with Crippen molar-refractivity contribution in [2.45, 2.75) is 27.3 Å². The van der Waals surface area contributed by atoms with Crippen LogP contribution in [0.5, 0.6) is 0 Å². The van der Waals surface area contributed by atoms with E-state index < -0.39 is 0 Å². The predicted molar refractivity (Wildman–Crippen MR) is 103 cm³/mol. The number of amides is 1. The van der Waals surface area contributed by atoms with Crippen molar-refractivity contribution in [3.8, 4) is 17.1 Å². The van der Waals surface area contributed by atoms with E-state index >= 15 is 0 Å². The number of aryl methyl sites for hydroxylation is 2. The van der Waals surface area contributed by atoms with Crippen molar-refractivity contribution in [2.75, 3.05) is 5.32 Å². The number of carbonyl (C=O) groups is 1. The highest BCUT2D eigenvalue weighted by atomic mass is 16.1. The number of rotatable bonds is 4. The van der Waals surface area contributed by atoms with Gasteiger partial charge in [-0.15, -0.1) is 0 Å². The second-order valence-corrected chi connectivity index (χ2v) is 6.20. The monoisotopic (exact) mass is 361 g/mol. The quantitative estimate of drug-likeness (QED) is 0.603. The van der Waals surface area contributed by atoms with Gasteiger partial charge in [-0.1, -0.05) is 24.3 Å². The molecule has 0 aliphatic carbocycles. The molecule has 1 amide bonds. The molecule has 8 nitrogen and oxygen atoms in total. The maximum absolute atomic E-state index is 11.5. The Morgan fingerprint density at radius 2 is 2.00 bits per heavy atom. The lowest BCUT2D eigenvalue weighted by molar-refractivity contribution is -0.114. The van der Waals surface area contributed by atoms with Gasteiger partial charge in [-0.05, 0) is 25.0 Å². The molecule has 0 fully saturated rings. The Balaban J connectivity index is 1.98. The third-order valence-electron chi connectivity index (χ3n) is 4.41. The summed E-state index contributed by atoms with van der Waals surface area (Å²) in [6, 6.07) is 8.19. The Labute approximate surface area is 155 Å². The fraction of sp³-hybridized carbons (Fsp3) is 0.211. The molecule has 3 heterocycles. The highest BCUT2D eigenvalue weighted by Gasteiger charge is 2.19. The first kappa shape index (κ1) is 16.9. The van der Waals surface area contributed by atoms with E-state index in [9.17, 15) is 4.79 Å². The summed E-state index contributed by atoms with van der Waals surface area (Å²) in [5.41, 5.74) is 5.01. The van der Waals surface area contributed by atoms with Crippen LogP contribution in [0.2, 0.25) is 0 Å². The highest BCUT2D eigenvalue weighted by molar-refractivity contribution is 5.93. The highest BCUT2D eigenvalue weighted by Crippen LogP contribution is 2.31. The minimum Gasteiger partial charge on any atom is -0.308 e. The van der Waals surface area contributed by atoms with Crippen molar-refractivity contribution in [2.24, 2.45) is 0 Å². The van der Waals surface area contributed by atoms with E-state index in [1.54, 1.807) is 6.20 Å². The van der Waals surface area contributed by atoms with Gasteiger partial charge in [-0.2, -0.15) is 14.8 Å². The smallest absolute Gasteiger partial charge is 0.235 e. The molecule has 1 N–H and O–H groups in total. The summed E-state index contributed by atoms with van der Waals surface area (Å²) in [6.07, 6.45) is 4.99. The third kappa shape index (κ3) is 2.84. The van der Waals surface area contributed by atoms with Crippen LogP contribution in [0.1, 0.15) is 19.4 Å². The Hall–Kier alpha value is -3.55. The maximum atomic E-state index is 11.5. The number of pyridine rings is 1. The summed E-state index contributed by atoms with van der Waals surface area (Å²) in [6.45, 7) is 6.23. The average molecular weight is 361 g/mol. The van der Waals surface area contributed by atoms with Gasteiger partial charge in [0.15, 0.2) is 0 Å². The van der Waals surface area contributed by atoms with E-state index in [0.29, 0.717) is 18.4 Å². The van der Waals surface area contributed by atoms with Crippen LogP contribution < -0.4 is 5.32 Å². The lowest BCUT2D eigenvalue weighted by Gasteiger charge is -2.11. The normalized spacial score (nSPS) is 11.1. The SMILES string of the molecule is CCn1c(-n2ncnc2NC(C)=O)nc2cncc(-c3ccccc3C)c21. The molecule has 136 valence electrons. The molecular formula is C19H19N7O. The zero-order valence-electron chi connectivity index (χ0n) is 15.3. The second-order valence-electron chi connectivity index (χ2n) is 6.20. The molecule has 0 aliphatic heterocycles. The number of benzene rings is 1. The zero-order chi connectivity index (χ0) is 19.0. The van der Waals surface area contributed by atoms with Crippen LogP contribution in [0.4, 0.5) is 5.95 Å². The molecule has 0 bridgehead atoms. The first-order valence-electron chi connectivity index (χ1n) is 8.68. The number of carbonyl (C=O) groups excluding carboxylic acids is 1. The summed E-state index contributed by atoms with van der Waals surface area (Å²) in [7, 11) is 0. The Morgan fingerprint density at radius 3 is 2.74 bits per heavy atom. The van der Waals surface area contributed by atoms with Crippen LogP contribution >= 0.6 is 0 Å². The molecule has 0 saturated heterocycles. The summed E-state index contributed by atoms with van der Waals surface area (Å²) in [5.74, 6) is 0.695. The predicted octanol–water partition coefficient (Wildman–Crippen LogP) is 2.97. The van der Waals surface area contributed by atoms with Crippen LogP contribution in [-0.2, 0) is 11.3 Å². The van der Waals surface area contributed by atoms with Crippen molar-refractivity contribution < 1.29 is 4.79 Å². The number of fused-ring (bicyclic) bond motifs is 1. The minimum atomic E-state index is -0.217. The molecule has 3 aromatic heterocycles. The molecular weight excluding hydrogens is 342 g/mol. The molecule has 27 heavy (non-hydrogen) atoms. The minimum absolute atomic E-state index is 0.217. The Morgan fingerprint density at radius 1 is 1.19 bits per heavy atom. The van der Waals surface area contributed by atoms with Crippen LogP contribution in [-0.4, -0.2) is 35.2 Å². The number of aromatic nitrogens is 6. The average Bonchev–Trinajstić information content (AvgIpc) is 3.25. The number of imidazole rings is 1. The lowest BCUT2D eigenvalue weighted by Crippen LogP contribution is -2.15. The van der Waals surface area contributed by atoms with Gasteiger partial charge in [-0.3, -0.25) is 15.1 Å². The Bertz CT molecular complexity index is 1140. The number of hydrogen-bond donors (Lipinski definition) is 1. The maximum Gasteiger partial charge on any atom is 0.235 e. The second kappa shape index (κ2) is 6.64. The van der Waals surface area contributed by atoms with Crippen LogP contribution in [0.25, 0.3) is 28.1 Å². The van der Waals surface area contributed by atoms with E-state index in [1.165, 1.54) is 17.9 Å². The van der Waals surface area contributed by atoms with Crippen molar-refractivity contribution in [3.05, 3.63) is 48.5 Å². The van der Waals surface area contributed by atoms with Crippen molar-refractivity contribution in [3.63, 3.8) is 0 Å². The molecule has 8 heteroatoms. The summed E-state index contributed by atoms with van der Waals surface area (Å²) in [5, 5.41) is 6.93. The van der Waals surface area contributed by atoms with Crippen molar-refractivity contribution in [1.29, 1.82) is 0 Å². The van der Waals surface area contributed by atoms with Crippen LogP contribution in [0.3, 0.4) is 0 Å². The van der Waals surface area contributed by atoms with Crippen LogP contribution in [0, 0.1) is 6.92 Å². The van der Waals surface area contributed by atoms with E-state index in [1.807, 2.05) is 25.3 Å². The fourth-order valence-corrected chi connectivity index (χ4v) is 3.24. The van der Waals surface area contributed by atoms with Gasteiger partial charge in [0.2, 0.25) is 17.8 Å². The molecule has 0 atom stereocenters. The standard InChI is InChI=1S/C19H19N7O/c1-4-25-17-15(14-8-6-5-7-12(14)2)9-20-10-16(17)24-19(25)26-18(21-11-22-26)23-13(3)27/h5-11H,4H2,1-3H3,(H,21,22,23,27). The fourth-order valence-electron chi connectivity index (χ4n) is 3.24. The van der Waals surface area contributed by atoms with E-state index in [0.717, 1.165) is 27.7 Å².